The number of nitrogens with zero attached hydrogens (tertiary/aromatic N) is 1. The molecule has 33 heavy (non-hydrogen) atoms. The van der Waals surface area contributed by atoms with Gasteiger partial charge in [0, 0.05) is 18.0 Å². The Kier molecular flexibility index (Phi) is 4.98. The number of para-hydroxylation sites is 1. The van der Waals surface area contributed by atoms with E-state index in [1.54, 1.807) is 23.5 Å². The average Bonchev–Trinajstić information content (AvgIpc) is 3.35. The van der Waals surface area contributed by atoms with E-state index in [0.29, 0.717) is 21.8 Å². The van der Waals surface area contributed by atoms with Gasteiger partial charge in [0.15, 0.2) is 0 Å². The molecular formula is C23H19ClFN3O5. The summed E-state index contributed by atoms with van der Waals surface area (Å²) < 4.78 is 13.3. The van der Waals surface area contributed by atoms with E-state index < -0.39 is 52.9 Å². The molecule has 2 aromatic carbocycles. The highest BCUT2D eigenvalue weighted by Crippen LogP contribution is 2.51. The first-order chi connectivity index (χ1) is 15.7. The first-order valence-corrected chi connectivity index (χ1v) is 10.9. The van der Waals surface area contributed by atoms with Crippen LogP contribution in [0.2, 0.25) is 5.02 Å². The van der Waals surface area contributed by atoms with E-state index >= 15 is 0 Å². The van der Waals surface area contributed by atoms with Crippen molar-refractivity contribution in [3.63, 3.8) is 0 Å². The lowest BCUT2D eigenvalue weighted by molar-refractivity contribution is -0.734. The van der Waals surface area contributed by atoms with Gasteiger partial charge in [-0.25, -0.2) is 4.39 Å². The number of likely N-dealkylation sites (tertiary alicyclic amines) is 1. The molecule has 3 aliphatic rings. The van der Waals surface area contributed by atoms with Gasteiger partial charge in [-0.2, -0.15) is 0 Å². The fourth-order valence-corrected chi connectivity index (χ4v) is 5.71. The molecule has 0 aliphatic carbocycles. The van der Waals surface area contributed by atoms with E-state index in [9.17, 15) is 28.7 Å². The van der Waals surface area contributed by atoms with E-state index in [2.05, 4.69) is 5.32 Å². The van der Waals surface area contributed by atoms with E-state index in [1.165, 1.54) is 24.3 Å². The van der Waals surface area contributed by atoms with Crippen molar-refractivity contribution in [3.05, 3.63) is 64.4 Å². The van der Waals surface area contributed by atoms with Crippen LogP contribution in [0.5, 0.6) is 0 Å². The topological polar surface area (TPSA) is 123 Å². The molecule has 0 bridgehead atoms. The van der Waals surface area contributed by atoms with Crippen LogP contribution in [0.3, 0.4) is 0 Å². The summed E-state index contributed by atoms with van der Waals surface area (Å²) in [6.07, 6.45) is -0.262. The van der Waals surface area contributed by atoms with Crippen molar-refractivity contribution in [3.8, 4) is 0 Å². The number of hydrogen-bond donors (Lipinski definition) is 2. The fraction of sp³-hybridized carbons (Fsp3) is 0.304. The molecular weight excluding hydrogens is 453 g/mol. The molecule has 4 atom stereocenters. The number of benzene rings is 2. The van der Waals surface area contributed by atoms with Gasteiger partial charge in [-0.1, -0.05) is 29.8 Å². The van der Waals surface area contributed by atoms with Gasteiger partial charge in [0.2, 0.25) is 17.4 Å². The number of anilines is 1. The molecule has 3 N–H and O–H groups in total. The van der Waals surface area contributed by atoms with E-state index in [-0.39, 0.29) is 19.4 Å². The molecule has 2 fully saturated rings. The third kappa shape index (κ3) is 3.14. The van der Waals surface area contributed by atoms with Crippen LogP contribution in [0.1, 0.15) is 24.0 Å². The minimum atomic E-state index is -1.44. The number of nitrogens with two attached hydrogens (primary N) is 1. The van der Waals surface area contributed by atoms with Crippen LogP contribution in [0, 0.1) is 17.7 Å². The second-order valence-corrected chi connectivity index (χ2v) is 9.03. The summed E-state index contributed by atoms with van der Waals surface area (Å²) in [6, 6.07) is 9.78. The summed E-state index contributed by atoms with van der Waals surface area (Å²) in [4.78, 5) is 52.6. The Hall–Kier alpha value is -3.30. The SMILES string of the molecule is O=C([O-])CC[C@H]1[NH2+][C@@]2(C(=O)Nc3c(Cl)cccc32)[C@@H]2C(=O)N(Cc3ccc(F)cc3)C(=O)[C@@H]21. The minimum Gasteiger partial charge on any atom is -0.550 e. The second kappa shape index (κ2) is 7.64. The van der Waals surface area contributed by atoms with E-state index in [4.69, 9.17) is 11.6 Å². The number of nitrogens with one attached hydrogen (secondary N) is 1. The van der Waals surface area contributed by atoms with Gasteiger partial charge in [-0.05, 0) is 36.2 Å². The average molecular weight is 472 g/mol. The number of carbonyl (C=O) groups is 4. The van der Waals surface area contributed by atoms with Crippen molar-refractivity contribution < 1.29 is 34.0 Å². The van der Waals surface area contributed by atoms with Crippen LogP contribution < -0.4 is 15.7 Å². The Balaban J connectivity index is 1.58. The predicted octanol–water partition coefficient (Wildman–Crippen LogP) is -0.0964. The third-order valence-corrected chi connectivity index (χ3v) is 7.20. The zero-order chi connectivity index (χ0) is 23.5. The van der Waals surface area contributed by atoms with E-state index in [0.717, 1.165) is 4.90 Å². The number of carboxylic acid groups (broad SMARTS) is 1. The number of imide groups is 1. The monoisotopic (exact) mass is 471 g/mol. The van der Waals surface area contributed by atoms with Gasteiger partial charge in [0.25, 0.3) is 5.91 Å². The number of quaternary nitrogens is 1. The summed E-state index contributed by atoms with van der Waals surface area (Å²) in [6.45, 7) is -0.0712. The van der Waals surface area contributed by atoms with Crippen molar-refractivity contribution in [2.75, 3.05) is 5.32 Å². The fourth-order valence-electron chi connectivity index (χ4n) is 5.49. The van der Waals surface area contributed by atoms with Crippen molar-refractivity contribution in [2.24, 2.45) is 11.8 Å². The Morgan fingerprint density at radius 1 is 1.15 bits per heavy atom. The molecule has 0 aromatic heterocycles. The lowest BCUT2D eigenvalue weighted by Gasteiger charge is -2.26. The quantitative estimate of drug-likeness (QED) is 0.590. The van der Waals surface area contributed by atoms with Crippen LogP contribution >= 0.6 is 11.6 Å². The summed E-state index contributed by atoms with van der Waals surface area (Å²) in [5, 5.41) is 15.8. The van der Waals surface area contributed by atoms with Crippen LogP contribution in [-0.2, 0) is 31.3 Å². The normalized spacial score (nSPS) is 27.8. The zero-order valence-corrected chi connectivity index (χ0v) is 18.0. The Morgan fingerprint density at radius 2 is 1.88 bits per heavy atom. The Morgan fingerprint density at radius 3 is 2.58 bits per heavy atom. The number of hydrogen-bond acceptors (Lipinski definition) is 5. The lowest BCUT2D eigenvalue weighted by atomic mass is 9.76. The summed E-state index contributed by atoms with van der Waals surface area (Å²) >= 11 is 6.28. The van der Waals surface area contributed by atoms with E-state index in [1.807, 2.05) is 0 Å². The largest absolute Gasteiger partial charge is 0.550 e. The molecule has 10 heteroatoms. The van der Waals surface area contributed by atoms with Gasteiger partial charge >= 0.3 is 0 Å². The highest BCUT2D eigenvalue weighted by Gasteiger charge is 2.74. The maximum Gasteiger partial charge on any atom is 0.291 e. The second-order valence-electron chi connectivity index (χ2n) is 8.62. The number of fused-ring (bicyclic) bond motifs is 4. The van der Waals surface area contributed by atoms with Crippen LogP contribution in [0.4, 0.5) is 10.1 Å². The van der Waals surface area contributed by atoms with Gasteiger partial charge < -0.3 is 20.5 Å². The van der Waals surface area contributed by atoms with Crippen molar-refractivity contribution in [2.45, 2.75) is 31.0 Å². The lowest BCUT2D eigenvalue weighted by Crippen LogP contribution is -2.99. The highest BCUT2D eigenvalue weighted by atomic mass is 35.5. The van der Waals surface area contributed by atoms with Gasteiger partial charge in [-0.3, -0.25) is 19.3 Å². The summed E-state index contributed by atoms with van der Waals surface area (Å²) in [5.41, 5.74) is 0.000548. The Labute approximate surface area is 192 Å². The zero-order valence-electron chi connectivity index (χ0n) is 17.2. The number of rotatable bonds is 5. The first-order valence-electron chi connectivity index (χ1n) is 10.5. The van der Waals surface area contributed by atoms with Crippen LogP contribution in [0.25, 0.3) is 0 Å². The predicted molar refractivity (Wildman–Crippen MR) is 111 cm³/mol. The minimum absolute atomic E-state index is 0.0534. The van der Waals surface area contributed by atoms with Crippen LogP contribution in [-0.4, -0.2) is 34.6 Å². The molecule has 3 amide bonds. The molecule has 1 spiro atoms. The molecule has 2 aromatic rings. The molecule has 170 valence electrons. The van der Waals surface area contributed by atoms with Crippen molar-refractivity contribution >= 4 is 41.0 Å². The number of carbonyl (C=O) groups excluding carboxylic acids is 4. The molecule has 3 heterocycles. The molecule has 0 unspecified atom stereocenters. The van der Waals surface area contributed by atoms with Gasteiger partial charge in [0.1, 0.15) is 23.7 Å². The van der Waals surface area contributed by atoms with Gasteiger partial charge in [-0.15, -0.1) is 0 Å². The molecule has 2 saturated heterocycles. The summed E-state index contributed by atoms with van der Waals surface area (Å²) in [5.74, 6) is -5.12. The van der Waals surface area contributed by atoms with Gasteiger partial charge in [0.05, 0.1) is 17.3 Å². The van der Waals surface area contributed by atoms with Crippen LogP contribution in [0.15, 0.2) is 42.5 Å². The smallest absolute Gasteiger partial charge is 0.291 e. The number of carboxylic acids is 1. The van der Waals surface area contributed by atoms with Crippen molar-refractivity contribution in [1.29, 1.82) is 0 Å². The molecule has 0 radical (unpaired) electrons. The molecule has 3 aliphatic heterocycles. The number of halogens is 2. The summed E-state index contributed by atoms with van der Waals surface area (Å²) in [7, 11) is 0. The first kappa shape index (κ1) is 21.5. The standard InChI is InChI=1S/C23H19ClFN3O5/c24-14-3-1-2-13-19(14)26-22(33)23(13)18-17(15(27-23)8-9-16(29)30)20(31)28(21(18)32)10-11-4-6-12(25)7-5-11/h1-7,15,17-18,27H,8-10H2,(H,26,33)(H,29,30)/t15-,17-,18+,23-/m1/s1. The van der Waals surface area contributed by atoms with Crippen molar-refractivity contribution in [1.82, 2.24) is 4.90 Å². The maximum absolute atomic E-state index is 13.6. The molecule has 5 rings (SSSR count). The number of amides is 3. The molecule has 0 saturated carbocycles. The third-order valence-electron chi connectivity index (χ3n) is 6.88. The molecule has 8 nitrogen and oxygen atoms in total. The maximum atomic E-state index is 13.6. The number of aliphatic carboxylic acids is 1. The highest BCUT2D eigenvalue weighted by molar-refractivity contribution is 6.35. The Bertz CT molecular complexity index is 1200.